The summed E-state index contributed by atoms with van der Waals surface area (Å²) in [4.78, 5) is 54.3. The van der Waals surface area contributed by atoms with Crippen molar-refractivity contribution < 1.29 is 37.8 Å². The maximum Gasteiger partial charge on any atom is 0.335 e. The van der Waals surface area contributed by atoms with Crippen LogP contribution in [0.15, 0.2) is 21.9 Å². The average molecular weight is 492 g/mol. The molecule has 0 spiro atoms. The van der Waals surface area contributed by atoms with E-state index >= 15 is 0 Å². The molecule has 1 aromatic rings. The van der Waals surface area contributed by atoms with Crippen molar-refractivity contribution in [2.45, 2.75) is 43.8 Å². The van der Waals surface area contributed by atoms with Crippen molar-refractivity contribution in [2.75, 3.05) is 12.6 Å². The second kappa shape index (κ2) is 9.84. The number of aromatic nitrogens is 2. The molecule has 0 aliphatic carbocycles. The number of methoxy groups -OCH3 is 1. The van der Waals surface area contributed by atoms with Crippen LogP contribution in [0.25, 0.3) is 0 Å². The molecule has 0 bridgehead atoms. The number of nitrogens with one attached hydrogen (secondary N) is 1. The smallest absolute Gasteiger partial charge is 0.335 e. The van der Waals surface area contributed by atoms with Crippen LogP contribution in [0.1, 0.15) is 20.1 Å². The van der Waals surface area contributed by atoms with Crippen molar-refractivity contribution in [1.29, 1.82) is 0 Å². The molecule has 1 aromatic heterocycles. The van der Waals surface area contributed by atoms with Gasteiger partial charge in [0.2, 0.25) is 0 Å². The Kier molecular flexibility index (Phi) is 8.44. The van der Waals surface area contributed by atoms with Gasteiger partial charge in [-0.3, -0.25) is 23.4 Å². The summed E-state index contributed by atoms with van der Waals surface area (Å²) in [6.45, 7) is -0.485. The lowest BCUT2D eigenvalue weighted by atomic mass is 10.2. The van der Waals surface area contributed by atoms with E-state index in [-0.39, 0.29) is 0 Å². The third-order valence-corrected chi connectivity index (χ3v) is 7.91. The van der Waals surface area contributed by atoms with Gasteiger partial charge in [-0.25, -0.2) is 4.79 Å². The minimum Gasteiger partial charge on any atom is -0.374 e. The molecule has 4 N–H and O–H groups in total. The molecule has 5 atom stereocenters. The molecule has 2 heterocycles. The van der Waals surface area contributed by atoms with Gasteiger partial charge in [0.25, 0.3) is 5.56 Å². The van der Waals surface area contributed by atoms with Gasteiger partial charge in [-0.05, 0) is 25.7 Å². The largest absolute Gasteiger partial charge is 0.374 e. The van der Waals surface area contributed by atoms with Crippen molar-refractivity contribution >= 4 is 37.9 Å². The number of H-pyrrole nitrogens is 1. The van der Waals surface area contributed by atoms with Crippen LogP contribution >= 0.6 is 26.1 Å². The lowest BCUT2D eigenvalue weighted by Gasteiger charge is -2.27. The predicted octanol–water partition coefficient (Wildman–Crippen LogP) is 0.302. The summed E-state index contributed by atoms with van der Waals surface area (Å²) in [6, 6.07) is 1.10. The molecule has 0 amide bonds. The Bertz CT molecular complexity index is 915. The summed E-state index contributed by atoms with van der Waals surface area (Å²) < 4.78 is 34.2. The minimum atomic E-state index is -4.39. The van der Waals surface area contributed by atoms with Crippen molar-refractivity contribution in [1.82, 2.24) is 9.55 Å². The predicted molar refractivity (Wildman–Crippen MR) is 108 cm³/mol. The van der Waals surface area contributed by atoms with Crippen LogP contribution in [0, 0.1) is 0 Å². The molecular formula is C13H22N2O10P2S2. The van der Waals surface area contributed by atoms with E-state index in [1.54, 1.807) is 13.8 Å². The second-order valence-corrected chi connectivity index (χ2v) is 12.2. The zero-order chi connectivity index (χ0) is 22.0. The Balaban J connectivity index is 2.38. The molecule has 16 heteroatoms. The molecular weight excluding hydrogens is 470 g/mol. The van der Waals surface area contributed by atoms with Gasteiger partial charge in [-0.2, -0.15) is 0 Å². The van der Waals surface area contributed by atoms with Crippen molar-refractivity contribution in [2.24, 2.45) is 0 Å². The molecule has 2 rings (SSSR count). The molecule has 1 aliphatic heterocycles. The highest BCUT2D eigenvalue weighted by Gasteiger charge is 2.50. The monoisotopic (exact) mass is 492 g/mol. The van der Waals surface area contributed by atoms with Crippen LogP contribution in [0.2, 0.25) is 0 Å². The highest BCUT2D eigenvalue weighted by molar-refractivity contribution is 8.07. The molecule has 29 heavy (non-hydrogen) atoms. The second-order valence-electron chi connectivity index (χ2n) is 6.27. The first-order chi connectivity index (χ1) is 13.3. The number of hydrogen-bond donors (Lipinski definition) is 4. The highest BCUT2D eigenvalue weighted by Crippen LogP contribution is 2.52. The Labute approximate surface area is 174 Å². The van der Waals surface area contributed by atoms with E-state index < -0.39 is 61.0 Å². The molecule has 0 radical (unpaired) electrons. The van der Waals surface area contributed by atoms with Crippen LogP contribution < -0.4 is 11.2 Å². The van der Waals surface area contributed by atoms with E-state index in [1.807, 2.05) is 0 Å². The third kappa shape index (κ3) is 7.08. The quantitative estimate of drug-likeness (QED) is 0.348. The summed E-state index contributed by atoms with van der Waals surface area (Å²) in [5.41, 5.74) is -3.08. The lowest BCUT2D eigenvalue weighted by Crippen LogP contribution is -2.39. The standard InChI is InChI=1S/C13H22N2O10P2S2/c1-7(2)24-27(21,28)25-10-9(22-3)11(15-5-4-8(16)14-13(15)17)23-12(10)29-6-26(18,19)20/h4-5,7,9-12H,6H2,1-3H3,(H,21,28)(H,14,16,17)(H2,18,19,20)/t9?,10?,11-,12-,27?/m1/s1. The van der Waals surface area contributed by atoms with Gasteiger partial charge in [-0.15, -0.1) is 11.8 Å². The van der Waals surface area contributed by atoms with Crippen LogP contribution in [-0.2, 0) is 34.9 Å². The van der Waals surface area contributed by atoms with Crippen LogP contribution in [0.3, 0.4) is 0 Å². The Morgan fingerprint density at radius 2 is 2.00 bits per heavy atom. The topological polar surface area (TPSA) is 170 Å². The van der Waals surface area contributed by atoms with E-state index in [9.17, 15) is 28.8 Å². The Hall–Kier alpha value is -0.370. The molecule has 166 valence electrons. The summed E-state index contributed by atoms with van der Waals surface area (Å²) in [6.07, 6.45) is -2.54. The van der Waals surface area contributed by atoms with Gasteiger partial charge in [0.1, 0.15) is 17.6 Å². The number of thioether (sulfide) groups is 1. The maximum absolute atomic E-state index is 12.2. The van der Waals surface area contributed by atoms with Crippen LogP contribution in [0.4, 0.5) is 0 Å². The molecule has 1 saturated heterocycles. The van der Waals surface area contributed by atoms with Crippen LogP contribution in [0.5, 0.6) is 0 Å². The molecule has 12 nitrogen and oxygen atoms in total. The molecule has 3 unspecified atom stereocenters. The fourth-order valence-electron chi connectivity index (χ4n) is 2.57. The number of rotatable bonds is 9. The van der Waals surface area contributed by atoms with E-state index in [0.29, 0.717) is 11.8 Å². The Morgan fingerprint density at radius 1 is 1.34 bits per heavy atom. The van der Waals surface area contributed by atoms with Gasteiger partial charge in [0.05, 0.1) is 11.6 Å². The van der Waals surface area contributed by atoms with E-state index in [0.717, 1.165) is 10.6 Å². The van der Waals surface area contributed by atoms with Gasteiger partial charge in [0.15, 0.2) is 6.23 Å². The van der Waals surface area contributed by atoms with E-state index in [1.165, 1.54) is 13.3 Å². The lowest BCUT2D eigenvalue weighted by molar-refractivity contribution is -0.0459. The normalized spacial score (nSPS) is 27.3. The first-order valence-electron chi connectivity index (χ1n) is 8.18. The molecule has 1 aliphatic rings. The number of nitrogens with zero attached hydrogens (tertiary/aromatic N) is 1. The molecule has 0 aromatic carbocycles. The summed E-state index contributed by atoms with van der Waals surface area (Å²) in [5, 5.41) is 0. The highest BCUT2D eigenvalue weighted by atomic mass is 32.5. The zero-order valence-electron chi connectivity index (χ0n) is 15.6. The number of ether oxygens (including phenoxy) is 2. The fourth-order valence-corrected chi connectivity index (χ4v) is 6.55. The fraction of sp³-hybridized carbons (Fsp3) is 0.692. The first-order valence-corrected chi connectivity index (χ1v) is 13.6. The van der Waals surface area contributed by atoms with Gasteiger partial charge < -0.3 is 28.7 Å². The van der Waals surface area contributed by atoms with Gasteiger partial charge >= 0.3 is 20.0 Å². The minimum absolute atomic E-state index is 0.451. The third-order valence-electron chi connectivity index (χ3n) is 3.55. The SMILES string of the molecule is COC1C(OP(O)(=S)OC(C)C)[C@@H](SCP(=O)(O)O)O[C@H]1n1ccc(=O)[nH]c1=O. The van der Waals surface area contributed by atoms with Crippen molar-refractivity contribution in [3.05, 3.63) is 33.1 Å². The van der Waals surface area contributed by atoms with Gasteiger partial charge in [-0.1, -0.05) is 0 Å². The number of aromatic amines is 1. The zero-order valence-corrected chi connectivity index (χ0v) is 19.0. The number of hydrogen-bond acceptors (Lipinski definition) is 9. The molecule has 1 fully saturated rings. The van der Waals surface area contributed by atoms with E-state index in [2.05, 4.69) is 4.98 Å². The summed E-state index contributed by atoms with van der Waals surface area (Å²) >= 11 is 5.71. The molecule has 0 saturated carbocycles. The van der Waals surface area contributed by atoms with Gasteiger partial charge in [0, 0.05) is 19.4 Å². The maximum atomic E-state index is 12.2. The van der Waals surface area contributed by atoms with E-state index in [4.69, 9.17) is 30.3 Å². The van der Waals surface area contributed by atoms with Crippen molar-refractivity contribution in [3.8, 4) is 0 Å². The summed E-state index contributed by atoms with van der Waals surface area (Å²) in [5.74, 6) is 0. The average Bonchev–Trinajstić information content (AvgIpc) is 2.87. The van der Waals surface area contributed by atoms with Crippen molar-refractivity contribution in [3.63, 3.8) is 0 Å². The van der Waals surface area contributed by atoms with Crippen LogP contribution in [-0.4, -0.2) is 60.6 Å². The summed E-state index contributed by atoms with van der Waals surface area (Å²) in [7, 11) is -3.09. The Morgan fingerprint density at radius 3 is 2.52 bits per heavy atom. The first kappa shape index (κ1) is 24.9.